The van der Waals surface area contributed by atoms with Crippen molar-refractivity contribution < 1.29 is 0 Å². The van der Waals surface area contributed by atoms with Crippen LogP contribution in [0.4, 0.5) is 17.1 Å². The van der Waals surface area contributed by atoms with Crippen LogP contribution in [0, 0.1) is 0 Å². The van der Waals surface area contributed by atoms with E-state index < -0.39 is 10.9 Å². The second-order valence-electron chi connectivity index (χ2n) is 7.23. The Morgan fingerprint density at radius 1 is 0.903 bits per heavy atom. The lowest BCUT2D eigenvalue weighted by Crippen LogP contribution is -2.38. The molecule has 4 rings (SSSR count). The van der Waals surface area contributed by atoms with Crippen LogP contribution in [0.2, 0.25) is 0 Å². The molecule has 0 radical (unpaired) electrons. The summed E-state index contributed by atoms with van der Waals surface area (Å²) in [6, 6.07) is 18.4. The Morgan fingerprint density at radius 2 is 1.65 bits per heavy atom. The molecule has 7 heteroatoms. The Bertz CT molecular complexity index is 1310. The first-order valence-electron chi connectivity index (χ1n) is 10.1. The van der Waals surface area contributed by atoms with Crippen molar-refractivity contribution in [3.8, 4) is 0 Å². The second kappa shape index (κ2) is 8.79. The lowest BCUT2D eigenvalue weighted by Gasteiger charge is -2.22. The third-order valence-electron chi connectivity index (χ3n) is 5.18. The van der Waals surface area contributed by atoms with Crippen LogP contribution in [0.25, 0.3) is 0 Å². The molecule has 4 aromatic rings. The molecule has 2 N–H and O–H groups in total. The van der Waals surface area contributed by atoms with E-state index in [2.05, 4.69) is 15.6 Å². The fourth-order valence-corrected chi connectivity index (χ4v) is 3.49. The first-order valence-corrected chi connectivity index (χ1v) is 10.1. The number of benzene rings is 1. The predicted molar refractivity (Wildman–Crippen MR) is 122 cm³/mol. The maximum atomic E-state index is 12.9. The zero-order valence-corrected chi connectivity index (χ0v) is 17.0. The average molecular weight is 414 g/mol. The van der Waals surface area contributed by atoms with Crippen molar-refractivity contribution in [1.82, 2.24) is 9.55 Å². The fraction of sp³-hybridized carbons (Fsp3) is 0.167. The van der Waals surface area contributed by atoms with Crippen molar-refractivity contribution in [3.05, 3.63) is 115 Å². The minimum atomic E-state index is -0.634. The smallest absolute Gasteiger partial charge is 0.274 e. The highest BCUT2D eigenvalue weighted by atomic mass is 16.2. The van der Waals surface area contributed by atoms with Gasteiger partial charge in [0.15, 0.2) is 0 Å². The molecule has 0 aliphatic heterocycles. The van der Waals surface area contributed by atoms with Crippen molar-refractivity contribution in [2.45, 2.75) is 25.9 Å². The number of rotatable bonds is 8. The van der Waals surface area contributed by atoms with E-state index in [0.29, 0.717) is 6.54 Å². The largest absolute Gasteiger partial charge is 0.373 e. The number of nitrogens with one attached hydrogen (secondary N) is 2. The number of pyridine rings is 2. The minimum absolute atomic E-state index is 0.118. The van der Waals surface area contributed by atoms with Gasteiger partial charge in [-0.15, -0.1) is 0 Å². The van der Waals surface area contributed by atoms with Crippen molar-refractivity contribution in [2.24, 2.45) is 0 Å². The van der Waals surface area contributed by atoms with Crippen molar-refractivity contribution in [3.63, 3.8) is 0 Å². The summed E-state index contributed by atoms with van der Waals surface area (Å²) in [6.45, 7) is 2.30. The Hall–Kier alpha value is -4.00. The molecular formula is C24H22N4O3. The van der Waals surface area contributed by atoms with Gasteiger partial charge in [0.05, 0.1) is 18.3 Å². The molecule has 0 unspecified atom stereocenters. The van der Waals surface area contributed by atoms with Crippen LogP contribution < -0.4 is 27.1 Å². The summed E-state index contributed by atoms with van der Waals surface area (Å²) in [4.78, 5) is 41.6. The molecular weight excluding hydrogens is 392 g/mol. The van der Waals surface area contributed by atoms with Gasteiger partial charge in [-0.2, -0.15) is 0 Å². The van der Waals surface area contributed by atoms with E-state index in [0.717, 1.165) is 17.7 Å². The number of hydrogen-bond acceptors (Lipinski definition) is 6. The molecule has 0 fully saturated rings. The van der Waals surface area contributed by atoms with Gasteiger partial charge >= 0.3 is 0 Å². The Kier molecular flexibility index (Phi) is 5.75. The van der Waals surface area contributed by atoms with E-state index in [1.807, 2.05) is 55.5 Å². The third kappa shape index (κ3) is 4.16. The van der Waals surface area contributed by atoms with Gasteiger partial charge < -0.3 is 15.2 Å². The highest BCUT2D eigenvalue weighted by Crippen LogP contribution is 2.26. The molecule has 1 atom stereocenters. The summed E-state index contributed by atoms with van der Waals surface area (Å²) in [7, 11) is 0. The summed E-state index contributed by atoms with van der Waals surface area (Å²) < 4.78 is 1.50. The van der Waals surface area contributed by atoms with Gasteiger partial charge in [-0.25, -0.2) is 0 Å². The average Bonchev–Trinajstić information content (AvgIpc) is 2.82. The second-order valence-corrected chi connectivity index (χ2v) is 7.23. The molecule has 0 spiro atoms. The van der Waals surface area contributed by atoms with E-state index in [1.54, 1.807) is 24.5 Å². The van der Waals surface area contributed by atoms with E-state index >= 15 is 0 Å². The minimum Gasteiger partial charge on any atom is -0.373 e. The maximum absolute atomic E-state index is 12.9. The SMILES string of the molecule is CC[C@@H](Nc1c(Nc2cccn(Cc3ccccn3)c2=O)c(=O)c1=O)c1ccccc1. The van der Waals surface area contributed by atoms with Crippen LogP contribution in [-0.2, 0) is 6.54 Å². The van der Waals surface area contributed by atoms with E-state index in [-0.39, 0.29) is 28.7 Å². The van der Waals surface area contributed by atoms with Crippen LogP contribution in [0.5, 0.6) is 0 Å². The van der Waals surface area contributed by atoms with Crippen LogP contribution >= 0.6 is 0 Å². The molecule has 0 saturated heterocycles. The number of hydrogen-bond donors (Lipinski definition) is 2. The number of aromatic nitrogens is 2. The summed E-state index contributed by atoms with van der Waals surface area (Å²) in [5.74, 6) is 0. The molecule has 7 nitrogen and oxygen atoms in total. The van der Waals surface area contributed by atoms with E-state index in [1.165, 1.54) is 4.57 Å². The Labute approximate surface area is 178 Å². The van der Waals surface area contributed by atoms with Crippen molar-refractivity contribution in [1.29, 1.82) is 0 Å². The third-order valence-corrected chi connectivity index (χ3v) is 5.18. The van der Waals surface area contributed by atoms with Gasteiger partial charge in [0, 0.05) is 12.4 Å². The van der Waals surface area contributed by atoms with E-state index in [9.17, 15) is 14.4 Å². The summed E-state index contributed by atoms with van der Waals surface area (Å²) in [5, 5.41) is 6.05. The Balaban J connectivity index is 1.59. The summed E-state index contributed by atoms with van der Waals surface area (Å²) in [6.07, 6.45) is 4.05. The molecule has 2 heterocycles. The molecule has 0 bridgehead atoms. The van der Waals surface area contributed by atoms with Crippen molar-refractivity contribution in [2.75, 3.05) is 10.6 Å². The zero-order valence-electron chi connectivity index (χ0n) is 17.0. The van der Waals surface area contributed by atoms with Gasteiger partial charge in [0.1, 0.15) is 17.1 Å². The predicted octanol–water partition coefficient (Wildman–Crippen LogP) is 3.19. The number of anilines is 3. The first kappa shape index (κ1) is 20.3. The highest BCUT2D eigenvalue weighted by Gasteiger charge is 2.24. The normalized spacial score (nSPS) is 11.9. The molecule has 0 aliphatic carbocycles. The van der Waals surface area contributed by atoms with Gasteiger partial charge in [-0.3, -0.25) is 19.4 Å². The lowest BCUT2D eigenvalue weighted by atomic mass is 10.0. The first-order chi connectivity index (χ1) is 15.1. The molecule has 0 amide bonds. The van der Waals surface area contributed by atoms with Crippen LogP contribution in [0.15, 0.2) is 87.4 Å². The Morgan fingerprint density at radius 3 is 2.35 bits per heavy atom. The molecule has 2 aromatic heterocycles. The zero-order chi connectivity index (χ0) is 21.8. The summed E-state index contributed by atoms with van der Waals surface area (Å²) in [5.41, 5.74) is 0.788. The molecule has 0 aliphatic rings. The fourth-order valence-electron chi connectivity index (χ4n) is 3.49. The monoisotopic (exact) mass is 414 g/mol. The highest BCUT2D eigenvalue weighted by molar-refractivity contribution is 5.78. The van der Waals surface area contributed by atoms with Crippen LogP contribution in [0.1, 0.15) is 30.6 Å². The quantitative estimate of drug-likeness (QED) is 0.430. The van der Waals surface area contributed by atoms with Gasteiger partial charge in [0.2, 0.25) is 0 Å². The summed E-state index contributed by atoms with van der Waals surface area (Å²) >= 11 is 0. The molecule has 2 aromatic carbocycles. The van der Waals surface area contributed by atoms with Crippen molar-refractivity contribution >= 4 is 17.1 Å². The molecule has 0 saturated carbocycles. The standard InChI is InChI=1S/C24H22N4O3/c1-2-18(16-9-4-3-5-10-16)26-20-21(23(30)22(20)29)27-19-12-8-14-28(24(19)31)15-17-11-6-7-13-25-17/h3-14,18,26-27H,2,15H2,1H3/t18-/m1/s1. The maximum Gasteiger partial charge on any atom is 0.274 e. The molecule has 156 valence electrons. The van der Waals surface area contributed by atoms with Crippen LogP contribution in [0.3, 0.4) is 0 Å². The van der Waals surface area contributed by atoms with Crippen LogP contribution in [-0.4, -0.2) is 9.55 Å². The van der Waals surface area contributed by atoms with Gasteiger partial charge in [-0.05, 0) is 36.2 Å². The number of nitrogens with zero attached hydrogens (tertiary/aromatic N) is 2. The van der Waals surface area contributed by atoms with E-state index in [4.69, 9.17) is 0 Å². The lowest BCUT2D eigenvalue weighted by molar-refractivity contribution is 0.741. The molecule has 31 heavy (non-hydrogen) atoms. The topological polar surface area (TPSA) is 93.1 Å². The van der Waals surface area contributed by atoms with Gasteiger partial charge in [-0.1, -0.05) is 43.3 Å². The van der Waals surface area contributed by atoms with Gasteiger partial charge in [0.25, 0.3) is 16.4 Å².